The van der Waals surface area contributed by atoms with E-state index in [0.717, 1.165) is 50.5 Å². The molecule has 0 aromatic heterocycles. The normalized spacial score (nSPS) is 19.4. The second kappa shape index (κ2) is 7.69. The lowest BCUT2D eigenvalue weighted by Gasteiger charge is -2.38. The summed E-state index contributed by atoms with van der Waals surface area (Å²) in [6.07, 6.45) is 0.404. The predicted octanol–water partition coefficient (Wildman–Crippen LogP) is 5.71. The fourth-order valence-electron chi connectivity index (χ4n) is 4.11. The third kappa shape index (κ3) is 3.21. The zero-order valence-electron chi connectivity index (χ0n) is 16.7. The van der Waals surface area contributed by atoms with Crippen LogP contribution in [0.15, 0.2) is 76.3 Å². The summed E-state index contributed by atoms with van der Waals surface area (Å²) in [5.74, 6) is 2.47. The van der Waals surface area contributed by atoms with E-state index < -0.39 is 0 Å². The lowest BCUT2D eigenvalue weighted by atomic mass is 9.96. The molecular formula is C24H21BrN2O3. The van der Waals surface area contributed by atoms with Crippen molar-refractivity contribution < 1.29 is 14.2 Å². The largest absolute Gasteiger partial charge is 0.497 e. The van der Waals surface area contributed by atoms with Crippen molar-refractivity contribution >= 4 is 21.6 Å². The molecule has 0 bridgehead atoms. The van der Waals surface area contributed by atoms with E-state index in [0.29, 0.717) is 0 Å². The topological polar surface area (TPSA) is 43.3 Å². The minimum atomic E-state index is -0.388. The first kappa shape index (κ1) is 19.0. The fraction of sp³-hybridized carbons (Fsp3) is 0.208. The summed E-state index contributed by atoms with van der Waals surface area (Å²) in [6.45, 7) is 0. The summed E-state index contributed by atoms with van der Waals surface area (Å²) in [6, 6.07) is 22.3. The second-order valence-corrected chi connectivity index (χ2v) is 8.19. The minimum absolute atomic E-state index is 0.0878. The number of fused-ring (bicyclic) bond motifs is 3. The molecule has 3 aromatic rings. The summed E-state index contributed by atoms with van der Waals surface area (Å²) in [5, 5.41) is 7.07. The Morgan fingerprint density at radius 2 is 1.83 bits per heavy atom. The highest BCUT2D eigenvalue weighted by Crippen LogP contribution is 2.49. The third-order valence-corrected chi connectivity index (χ3v) is 6.05. The molecule has 6 heteroatoms. The number of hydrazone groups is 1. The first-order chi connectivity index (χ1) is 14.7. The van der Waals surface area contributed by atoms with Crippen LogP contribution in [0.2, 0.25) is 0 Å². The van der Waals surface area contributed by atoms with Gasteiger partial charge in [-0.2, -0.15) is 5.10 Å². The van der Waals surface area contributed by atoms with Gasteiger partial charge in [0.15, 0.2) is 0 Å². The number of para-hydroxylation sites is 1. The Morgan fingerprint density at radius 3 is 2.67 bits per heavy atom. The molecule has 0 saturated carbocycles. The van der Waals surface area contributed by atoms with E-state index in [-0.39, 0.29) is 12.3 Å². The van der Waals surface area contributed by atoms with Gasteiger partial charge in [0.05, 0.1) is 31.5 Å². The van der Waals surface area contributed by atoms with Gasteiger partial charge >= 0.3 is 0 Å². The van der Waals surface area contributed by atoms with Crippen molar-refractivity contribution in [2.75, 3.05) is 14.2 Å². The zero-order valence-corrected chi connectivity index (χ0v) is 18.3. The van der Waals surface area contributed by atoms with Crippen LogP contribution < -0.4 is 14.2 Å². The molecule has 0 spiro atoms. The van der Waals surface area contributed by atoms with Gasteiger partial charge in [0.2, 0.25) is 6.23 Å². The first-order valence-corrected chi connectivity index (χ1v) is 10.6. The van der Waals surface area contributed by atoms with Crippen LogP contribution >= 0.6 is 15.9 Å². The van der Waals surface area contributed by atoms with Crippen molar-refractivity contribution in [2.45, 2.75) is 18.7 Å². The Morgan fingerprint density at radius 1 is 0.967 bits per heavy atom. The summed E-state index contributed by atoms with van der Waals surface area (Å²) in [5.41, 5.74) is 4.14. The summed E-state index contributed by atoms with van der Waals surface area (Å²) < 4.78 is 18.5. The van der Waals surface area contributed by atoms with Crippen LogP contribution in [0.5, 0.6) is 17.2 Å². The highest BCUT2D eigenvalue weighted by atomic mass is 79.9. The van der Waals surface area contributed by atoms with E-state index in [2.05, 4.69) is 33.1 Å². The smallest absolute Gasteiger partial charge is 0.217 e. The van der Waals surface area contributed by atoms with Crippen molar-refractivity contribution in [2.24, 2.45) is 5.10 Å². The Labute approximate surface area is 184 Å². The molecule has 30 heavy (non-hydrogen) atoms. The van der Waals surface area contributed by atoms with E-state index in [1.54, 1.807) is 14.2 Å². The number of hydrogen-bond donors (Lipinski definition) is 0. The molecule has 0 aliphatic carbocycles. The van der Waals surface area contributed by atoms with Gasteiger partial charge in [-0.15, -0.1) is 0 Å². The monoisotopic (exact) mass is 464 g/mol. The van der Waals surface area contributed by atoms with E-state index in [4.69, 9.17) is 19.3 Å². The molecule has 152 valence electrons. The van der Waals surface area contributed by atoms with E-state index in [1.165, 1.54) is 0 Å². The van der Waals surface area contributed by atoms with Crippen LogP contribution in [-0.4, -0.2) is 24.9 Å². The molecule has 0 saturated heterocycles. The second-order valence-electron chi connectivity index (χ2n) is 7.27. The van der Waals surface area contributed by atoms with Crippen molar-refractivity contribution in [3.63, 3.8) is 0 Å². The molecule has 2 heterocycles. The average Bonchev–Trinajstić information content (AvgIpc) is 3.24. The Hall–Kier alpha value is -2.99. The SMILES string of the molecule is COc1cccc(C2=NN3[C@H](C2)c2ccccc2O[C@@H]3c2cc(Br)ccc2OC)c1. The van der Waals surface area contributed by atoms with Gasteiger partial charge in [0.25, 0.3) is 0 Å². The molecule has 3 aromatic carbocycles. The molecule has 0 fully saturated rings. The molecule has 2 aliphatic rings. The number of halogens is 1. The lowest BCUT2D eigenvalue weighted by molar-refractivity contribution is -0.0203. The van der Waals surface area contributed by atoms with Crippen LogP contribution in [0.3, 0.4) is 0 Å². The molecule has 0 unspecified atom stereocenters. The van der Waals surface area contributed by atoms with Gasteiger partial charge in [-0.25, -0.2) is 5.01 Å². The molecule has 5 nitrogen and oxygen atoms in total. The average molecular weight is 465 g/mol. The molecular weight excluding hydrogens is 444 g/mol. The summed E-state index contributed by atoms with van der Waals surface area (Å²) in [7, 11) is 3.36. The van der Waals surface area contributed by atoms with Gasteiger partial charge in [-0.3, -0.25) is 0 Å². The van der Waals surface area contributed by atoms with Crippen LogP contribution in [0.4, 0.5) is 0 Å². The first-order valence-electron chi connectivity index (χ1n) is 9.77. The molecule has 0 amide bonds. The van der Waals surface area contributed by atoms with Crippen molar-refractivity contribution in [3.8, 4) is 17.2 Å². The highest BCUT2D eigenvalue weighted by Gasteiger charge is 2.41. The number of nitrogens with zero attached hydrogens (tertiary/aromatic N) is 2. The minimum Gasteiger partial charge on any atom is -0.497 e. The summed E-state index contributed by atoms with van der Waals surface area (Å²) >= 11 is 3.58. The maximum absolute atomic E-state index is 6.45. The van der Waals surface area contributed by atoms with Crippen LogP contribution in [0, 0.1) is 0 Å². The molecule has 5 rings (SSSR count). The standard InChI is InChI=1S/C24H21BrN2O3/c1-28-17-7-5-6-15(12-17)20-14-21-18-8-3-4-9-23(18)30-24(27(21)26-20)19-13-16(25)10-11-22(19)29-2/h3-13,21,24H,14H2,1-2H3/t21-,24-/m1/s1. The molecule has 2 aliphatic heterocycles. The predicted molar refractivity (Wildman–Crippen MR) is 119 cm³/mol. The molecule has 2 atom stereocenters. The van der Waals surface area contributed by atoms with E-state index in [9.17, 15) is 0 Å². The van der Waals surface area contributed by atoms with Crippen LogP contribution in [0.1, 0.15) is 35.4 Å². The van der Waals surface area contributed by atoms with Crippen molar-refractivity contribution in [1.82, 2.24) is 5.01 Å². The Balaban J connectivity index is 1.62. The van der Waals surface area contributed by atoms with Gasteiger partial charge < -0.3 is 14.2 Å². The number of rotatable bonds is 4. The number of methoxy groups -OCH3 is 2. The van der Waals surface area contributed by atoms with Gasteiger partial charge in [0.1, 0.15) is 17.2 Å². The molecule has 0 radical (unpaired) electrons. The highest BCUT2D eigenvalue weighted by molar-refractivity contribution is 9.10. The van der Waals surface area contributed by atoms with Gasteiger partial charge in [-0.05, 0) is 36.4 Å². The lowest BCUT2D eigenvalue weighted by Crippen LogP contribution is -2.33. The Bertz CT molecular complexity index is 1130. The van der Waals surface area contributed by atoms with Crippen LogP contribution in [-0.2, 0) is 0 Å². The summed E-state index contributed by atoms with van der Waals surface area (Å²) in [4.78, 5) is 0. The van der Waals surface area contributed by atoms with E-state index >= 15 is 0 Å². The zero-order chi connectivity index (χ0) is 20.7. The number of ether oxygens (including phenoxy) is 3. The maximum Gasteiger partial charge on any atom is 0.217 e. The number of hydrogen-bond acceptors (Lipinski definition) is 5. The van der Waals surface area contributed by atoms with Crippen molar-refractivity contribution in [1.29, 1.82) is 0 Å². The van der Waals surface area contributed by atoms with Gasteiger partial charge in [0, 0.05) is 22.0 Å². The maximum atomic E-state index is 6.45. The van der Waals surface area contributed by atoms with Crippen molar-refractivity contribution in [3.05, 3.63) is 87.9 Å². The Kier molecular flexibility index (Phi) is 4.87. The van der Waals surface area contributed by atoms with E-state index in [1.807, 2.05) is 54.6 Å². The third-order valence-electron chi connectivity index (χ3n) is 5.56. The van der Waals surface area contributed by atoms with Crippen LogP contribution in [0.25, 0.3) is 0 Å². The number of benzene rings is 3. The van der Waals surface area contributed by atoms with Gasteiger partial charge in [-0.1, -0.05) is 46.3 Å². The molecule has 0 N–H and O–H groups in total. The quantitative estimate of drug-likeness (QED) is 0.495. The fourth-order valence-corrected chi connectivity index (χ4v) is 4.49.